The normalized spacial score (nSPS) is 15.3. The van der Waals surface area contributed by atoms with Gasteiger partial charge in [-0.1, -0.05) is 30.3 Å². The lowest BCUT2D eigenvalue weighted by Gasteiger charge is -2.34. The van der Waals surface area contributed by atoms with Crippen LogP contribution in [0.2, 0.25) is 0 Å². The van der Waals surface area contributed by atoms with Gasteiger partial charge < -0.3 is 11.1 Å². The van der Waals surface area contributed by atoms with E-state index in [9.17, 15) is 4.79 Å². The highest BCUT2D eigenvalue weighted by Crippen LogP contribution is 2.08. The number of rotatable bonds is 6. The van der Waals surface area contributed by atoms with Crippen LogP contribution in [0, 0.1) is 0 Å². The number of carbonyl (C=O) groups excluding carboxylic acids is 1. The van der Waals surface area contributed by atoms with Gasteiger partial charge in [-0.05, 0) is 19.4 Å². The average molecular weight is 414 g/mol. The van der Waals surface area contributed by atoms with E-state index in [2.05, 4.69) is 45.4 Å². The fourth-order valence-corrected chi connectivity index (χ4v) is 2.57. The predicted molar refractivity (Wildman–Crippen MR) is 111 cm³/mol. The number of benzene rings is 1. The number of halogens is 3. The third-order valence-electron chi connectivity index (χ3n) is 4.01. The minimum absolute atomic E-state index is 0. The van der Waals surface area contributed by atoms with E-state index >= 15 is 0 Å². The molecule has 0 bridgehead atoms. The molecule has 0 radical (unpaired) electrons. The monoisotopic (exact) mass is 412 g/mol. The summed E-state index contributed by atoms with van der Waals surface area (Å²) in [5.41, 5.74) is 6.33. The van der Waals surface area contributed by atoms with Crippen LogP contribution in [-0.4, -0.2) is 60.5 Å². The molecule has 146 valence electrons. The van der Waals surface area contributed by atoms with Gasteiger partial charge in [-0.25, -0.2) is 0 Å². The second-order valence-corrected chi connectivity index (χ2v) is 6.58. The molecule has 1 fully saturated rings. The number of hydrogen-bond acceptors (Lipinski definition) is 4. The van der Waals surface area contributed by atoms with Crippen molar-refractivity contribution in [1.29, 1.82) is 0 Å². The summed E-state index contributed by atoms with van der Waals surface area (Å²) in [5, 5.41) is 2.90. The topological polar surface area (TPSA) is 61.6 Å². The standard InChI is InChI=1S/C17H28N4O.3ClH/c1-17(2,18)16(22)19-8-9-20-10-12-21(13-11-20)14-15-6-4-3-5-7-15;;;/h3-7H,8-14,18H2,1-2H3,(H,19,22);3*1H. The van der Waals surface area contributed by atoms with Gasteiger partial charge in [0.2, 0.25) is 5.91 Å². The fraction of sp³-hybridized carbons (Fsp3) is 0.588. The van der Waals surface area contributed by atoms with Crippen LogP contribution in [0.5, 0.6) is 0 Å². The van der Waals surface area contributed by atoms with E-state index in [1.54, 1.807) is 13.8 Å². The van der Waals surface area contributed by atoms with E-state index in [-0.39, 0.29) is 43.1 Å². The zero-order chi connectivity index (χ0) is 16.0. The molecule has 2 rings (SSSR count). The van der Waals surface area contributed by atoms with E-state index in [0.29, 0.717) is 6.54 Å². The lowest BCUT2D eigenvalue weighted by atomic mass is 10.1. The van der Waals surface area contributed by atoms with Gasteiger partial charge in [-0.15, -0.1) is 37.2 Å². The van der Waals surface area contributed by atoms with E-state index in [1.165, 1.54) is 5.56 Å². The molecule has 1 aromatic rings. The van der Waals surface area contributed by atoms with Crippen molar-refractivity contribution in [2.75, 3.05) is 39.3 Å². The van der Waals surface area contributed by atoms with Crippen molar-refractivity contribution in [3.63, 3.8) is 0 Å². The SMILES string of the molecule is CC(C)(N)C(=O)NCCN1CCN(Cc2ccccc2)CC1.Cl.Cl.Cl. The third-order valence-corrected chi connectivity index (χ3v) is 4.01. The van der Waals surface area contributed by atoms with Crippen LogP contribution in [0.4, 0.5) is 0 Å². The number of nitrogens with one attached hydrogen (secondary N) is 1. The maximum Gasteiger partial charge on any atom is 0.239 e. The van der Waals surface area contributed by atoms with Crippen molar-refractivity contribution in [1.82, 2.24) is 15.1 Å². The van der Waals surface area contributed by atoms with Crippen molar-refractivity contribution in [2.45, 2.75) is 25.9 Å². The van der Waals surface area contributed by atoms with E-state index in [0.717, 1.165) is 39.3 Å². The van der Waals surface area contributed by atoms with Crippen LogP contribution in [0.25, 0.3) is 0 Å². The Hall–Kier alpha value is -0.560. The first kappa shape index (κ1) is 26.7. The van der Waals surface area contributed by atoms with Crippen LogP contribution in [0.1, 0.15) is 19.4 Å². The molecule has 0 unspecified atom stereocenters. The maximum absolute atomic E-state index is 11.7. The van der Waals surface area contributed by atoms with Gasteiger partial charge in [0.15, 0.2) is 0 Å². The Morgan fingerprint density at radius 2 is 1.56 bits per heavy atom. The van der Waals surface area contributed by atoms with Crippen LogP contribution < -0.4 is 11.1 Å². The van der Waals surface area contributed by atoms with Gasteiger partial charge in [-0.3, -0.25) is 14.6 Å². The Morgan fingerprint density at radius 1 is 1.04 bits per heavy atom. The van der Waals surface area contributed by atoms with Crippen LogP contribution in [-0.2, 0) is 11.3 Å². The molecule has 0 spiro atoms. The second kappa shape index (κ2) is 12.7. The average Bonchev–Trinajstić information content (AvgIpc) is 2.49. The van der Waals surface area contributed by atoms with Crippen molar-refractivity contribution in [3.8, 4) is 0 Å². The number of hydrogen-bond donors (Lipinski definition) is 2. The highest BCUT2D eigenvalue weighted by Gasteiger charge is 2.22. The number of carbonyl (C=O) groups is 1. The van der Waals surface area contributed by atoms with Gasteiger partial charge in [0, 0.05) is 45.8 Å². The molecule has 1 heterocycles. The predicted octanol–water partition coefficient (Wildman–Crippen LogP) is 1.92. The molecule has 0 saturated carbocycles. The minimum atomic E-state index is -0.797. The number of nitrogens with two attached hydrogens (primary N) is 1. The van der Waals surface area contributed by atoms with Gasteiger partial charge in [0.25, 0.3) is 0 Å². The highest BCUT2D eigenvalue weighted by molar-refractivity contribution is 5.86. The minimum Gasteiger partial charge on any atom is -0.353 e. The van der Waals surface area contributed by atoms with E-state index in [1.807, 2.05) is 0 Å². The number of amides is 1. The molecular weight excluding hydrogens is 383 g/mol. The molecule has 1 saturated heterocycles. The largest absolute Gasteiger partial charge is 0.353 e. The molecule has 1 aliphatic heterocycles. The van der Waals surface area contributed by atoms with Crippen LogP contribution in [0.15, 0.2) is 30.3 Å². The van der Waals surface area contributed by atoms with Gasteiger partial charge >= 0.3 is 0 Å². The van der Waals surface area contributed by atoms with E-state index < -0.39 is 5.54 Å². The zero-order valence-electron chi connectivity index (χ0n) is 14.9. The Balaban J connectivity index is 0. The summed E-state index contributed by atoms with van der Waals surface area (Å²) in [5.74, 6) is -0.0878. The summed E-state index contributed by atoms with van der Waals surface area (Å²) < 4.78 is 0. The Bertz CT molecular complexity index is 475. The summed E-state index contributed by atoms with van der Waals surface area (Å²) in [7, 11) is 0. The quantitative estimate of drug-likeness (QED) is 0.748. The molecule has 0 aliphatic carbocycles. The maximum atomic E-state index is 11.7. The lowest BCUT2D eigenvalue weighted by molar-refractivity contribution is -0.125. The van der Waals surface area contributed by atoms with Gasteiger partial charge in [0.05, 0.1) is 5.54 Å². The molecule has 0 aromatic heterocycles. The van der Waals surface area contributed by atoms with Crippen molar-refractivity contribution >= 4 is 43.1 Å². The molecule has 3 N–H and O–H groups in total. The van der Waals surface area contributed by atoms with Gasteiger partial charge in [-0.2, -0.15) is 0 Å². The Morgan fingerprint density at radius 3 is 2.08 bits per heavy atom. The summed E-state index contributed by atoms with van der Waals surface area (Å²) in [6.07, 6.45) is 0. The molecule has 0 atom stereocenters. The fourth-order valence-electron chi connectivity index (χ4n) is 2.57. The molecule has 1 aliphatic rings. The first-order valence-electron chi connectivity index (χ1n) is 8.01. The lowest BCUT2D eigenvalue weighted by Crippen LogP contribution is -2.52. The summed E-state index contributed by atoms with van der Waals surface area (Å²) in [4.78, 5) is 16.6. The first-order valence-corrected chi connectivity index (χ1v) is 8.01. The number of piperazine rings is 1. The summed E-state index contributed by atoms with van der Waals surface area (Å²) in [6.45, 7) is 10.3. The van der Waals surface area contributed by atoms with Gasteiger partial charge in [0.1, 0.15) is 0 Å². The van der Waals surface area contributed by atoms with Crippen molar-refractivity contribution in [3.05, 3.63) is 35.9 Å². The highest BCUT2D eigenvalue weighted by atomic mass is 35.5. The molecule has 5 nitrogen and oxygen atoms in total. The molecule has 25 heavy (non-hydrogen) atoms. The Kier molecular flexibility index (Phi) is 13.6. The van der Waals surface area contributed by atoms with Crippen LogP contribution in [0.3, 0.4) is 0 Å². The third kappa shape index (κ3) is 9.64. The summed E-state index contributed by atoms with van der Waals surface area (Å²) in [6, 6.07) is 10.6. The van der Waals surface area contributed by atoms with Crippen molar-refractivity contribution in [2.24, 2.45) is 5.73 Å². The molecular formula is C17H31Cl3N4O. The van der Waals surface area contributed by atoms with Crippen molar-refractivity contribution < 1.29 is 4.79 Å². The molecule has 1 aromatic carbocycles. The first-order chi connectivity index (χ1) is 10.4. The molecule has 8 heteroatoms. The number of nitrogens with zero attached hydrogens (tertiary/aromatic N) is 2. The second-order valence-electron chi connectivity index (χ2n) is 6.58. The molecule has 1 amide bonds. The summed E-state index contributed by atoms with van der Waals surface area (Å²) >= 11 is 0. The van der Waals surface area contributed by atoms with E-state index in [4.69, 9.17) is 5.73 Å². The zero-order valence-corrected chi connectivity index (χ0v) is 17.4. The smallest absolute Gasteiger partial charge is 0.239 e. The Labute approximate surface area is 169 Å². The van der Waals surface area contributed by atoms with Crippen LogP contribution >= 0.6 is 37.2 Å².